The molecule has 0 amide bonds. The molecule has 4 aromatic rings. The third kappa shape index (κ3) is 4.06. The molecule has 1 aromatic carbocycles. The van der Waals surface area contributed by atoms with E-state index in [-0.39, 0.29) is 5.78 Å². The lowest BCUT2D eigenvalue weighted by atomic mass is 10.2. The van der Waals surface area contributed by atoms with Crippen molar-refractivity contribution in [3.8, 4) is 10.7 Å². The quantitative estimate of drug-likeness (QED) is 0.311. The molecule has 0 N–H and O–H groups in total. The second kappa shape index (κ2) is 8.39. The number of carbonyl (C=O) groups is 1. The molecule has 0 unspecified atom stereocenters. The standard InChI is InChI=1S/C22H22N4OS2/c1-15-12-18(16(2)26(15)13-17-8-5-4-6-9-17)19(27)14-29-22-24-23-21(25(22)3)20-10-7-11-28-20/h4-12H,13-14H2,1-3H3. The van der Waals surface area contributed by atoms with Crippen molar-refractivity contribution in [2.24, 2.45) is 7.05 Å². The molecule has 0 fully saturated rings. The van der Waals surface area contributed by atoms with E-state index >= 15 is 0 Å². The SMILES string of the molecule is Cc1cc(C(=O)CSc2nnc(-c3cccs3)n2C)c(C)n1Cc1ccccc1. The van der Waals surface area contributed by atoms with Gasteiger partial charge < -0.3 is 9.13 Å². The maximum atomic E-state index is 12.9. The maximum Gasteiger partial charge on any atom is 0.191 e. The molecule has 29 heavy (non-hydrogen) atoms. The highest BCUT2D eigenvalue weighted by molar-refractivity contribution is 7.99. The zero-order valence-corrected chi connectivity index (χ0v) is 18.3. The van der Waals surface area contributed by atoms with E-state index in [1.807, 2.05) is 60.3 Å². The van der Waals surface area contributed by atoms with Crippen molar-refractivity contribution in [1.82, 2.24) is 19.3 Å². The van der Waals surface area contributed by atoms with E-state index in [4.69, 9.17) is 0 Å². The lowest BCUT2D eigenvalue weighted by Gasteiger charge is -2.10. The summed E-state index contributed by atoms with van der Waals surface area (Å²) in [5, 5.41) is 11.3. The van der Waals surface area contributed by atoms with Gasteiger partial charge in [-0.1, -0.05) is 48.2 Å². The van der Waals surface area contributed by atoms with Crippen LogP contribution in [0.3, 0.4) is 0 Å². The highest BCUT2D eigenvalue weighted by Gasteiger charge is 2.18. The third-order valence-corrected chi connectivity index (χ3v) is 6.85. The molecule has 148 valence electrons. The first-order valence-corrected chi connectivity index (χ1v) is 11.2. The first-order valence-electron chi connectivity index (χ1n) is 9.34. The van der Waals surface area contributed by atoms with Crippen LogP contribution in [0.1, 0.15) is 27.3 Å². The van der Waals surface area contributed by atoms with E-state index in [0.717, 1.165) is 39.4 Å². The first kappa shape index (κ1) is 19.7. The summed E-state index contributed by atoms with van der Waals surface area (Å²) in [4.78, 5) is 14.0. The Kier molecular flexibility index (Phi) is 5.69. The van der Waals surface area contributed by atoms with Gasteiger partial charge in [0.05, 0.1) is 10.6 Å². The van der Waals surface area contributed by atoms with Crippen molar-refractivity contribution in [3.63, 3.8) is 0 Å². The zero-order valence-electron chi connectivity index (χ0n) is 16.6. The molecule has 0 aliphatic carbocycles. The Balaban J connectivity index is 1.48. The molecule has 0 bridgehead atoms. The summed E-state index contributed by atoms with van der Waals surface area (Å²) in [6, 6.07) is 16.3. The van der Waals surface area contributed by atoms with Gasteiger partial charge in [-0.25, -0.2) is 0 Å². The number of carbonyl (C=O) groups excluding carboxylic acids is 1. The minimum atomic E-state index is 0.114. The number of nitrogens with zero attached hydrogens (tertiary/aromatic N) is 4. The number of hydrogen-bond acceptors (Lipinski definition) is 5. The first-order chi connectivity index (χ1) is 14.0. The second-order valence-corrected chi connectivity index (χ2v) is 8.80. The molecule has 7 heteroatoms. The Bertz CT molecular complexity index is 1130. The molecule has 0 radical (unpaired) electrons. The molecule has 0 atom stereocenters. The van der Waals surface area contributed by atoms with E-state index in [1.165, 1.54) is 17.3 Å². The van der Waals surface area contributed by atoms with Crippen molar-refractivity contribution in [1.29, 1.82) is 0 Å². The number of Topliss-reactive ketones (excluding diaryl/α,β-unsaturated/α-hetero) is 1. The number of thiophene rings is 1. The van der Waals surface area contributed by atoms with Crippen molar-refractivity contribution in [2.45, 2.75) is 25.5 Å². The van der Waals surface area contributed by atoms with Gasteiger partial charge in [0.25, 0.3) is 0 Å². The Labute approximate surface area is 178 Å². The van der Waals surface area contributed by atoms with Crippen LogP contribution in [-0.2, 0) is 13.6 Å². The molecular weight excluding hydrogens is 400 g/mol. The van der Waals surface area contributed by atoms with Crippen LogP contribution >= 0.6 is 23.1 Å². The lowest BCUT2D eigenvalue weighted by Crippen LogP contribution is -2.08. The molecule has 0 aliphatic heterocycles. The Hall–Kier alpha value is -2.64. The number of rotatable bonds is 7. The molecular formula is C22H22N4OS2. The minimum Gasteiger partial charge on any atom is -0.344 e. The van der Waals surface area contributed by atoms with Crippen LogP contribution in [0.4, 0.5) is 0 Å². The molecule has 0 aliphatic rings. The topological polar surface area (TPSA) is 52.7 Å². The van der Waals surface area contributed by atoms with Crippen molar-refractivity contribution in [2.75, 3.05) is 5.75 Å². The molecule has 3 aromatic heterocycles. The third-order valence-electron chi connectivity index (χ3n) is 4.97. The summed E-state index contributed by atoms with van der Waals surface area (Å²) in [6.45, 7) is 4.84. The summed E-state index contributed by atoms with van der Waals surface area (Å²) in [7, 11) is 1.94. The smallest absolute Gasteiger partial charge is 0.191 e. The molecule has 3 heterocycles. The molecule has 0 saturated carbocycles. The molecule has 5 nitrogen and oxygen atoms in total. The maximum absolute atomic E-state index is 12.9. The molecule has 4 rings (SSSR count). The van der Waals surface area contributed by atoms with Crippen LogP contribution in [0, 0.1) is 13.8 Å². The van der Waals surface area contributed by atoms with Gasteiger partial charge in [-0.2, -0.15) is 0 Å². The van der Waals surface area contributed by atoms with Crippen LogP contribution in [0.5, 0.6) is 0 Å². The van der Waals surface area contributed by atoms with Gasteiger partial charge in [-0.3, -0.25) is 4.79 Å². The monoisotopic (exact) mass is 422 g/mol. The highest BCUT2D eigenvalue weighted by Crippen LogP contribution is 2.27. The summed E-state index contributed by atoms with van der Waals surface area (Å²) in [5.41, 5.74) is 4.11. The average molecular weight is 423 g/mol. The number of hydrogen-bond donors (Lipinski definition) is 0. The van der Waals surface area contributed by atoms with E-state index in [1.54, 1.807) is 11.3 Å². The number of aryl methyl sites for hydroxylation is 1. The van der Waals surface area contributed by atoms with Gasteiger partial charge in [-0.15, -0.1) is 21.5 Å². The number of thioether (sulfide) groups is 1. The summed E-state index contributed by atoms with van der Waals surface area (Å²) in [6.07, 6.45) is 0. The normalized spacial score (nSPS) is 11.1. The Morgan fingerprint density at radius 3 is 2.62 bits per heavy atom. The van der Waals surface area contributed by atoms with Gasteiger partial charge in [0, 0.05) is 30.5 Å². The van der Waals surface area contributed by atoms with Crippen LogP contribution < -0.4 is 0 Å². The lowest BCUT2D eigenvalue weighted by molar-refractivity contribution is 0.102. The second-order valence-electron chi connectivity index (χ2n) is 6.91. The van der Waals surface area contributed by atoms with Crippen LogP contribution in [-0.4, -0.2) is 30.9 Å². The predicted octanol–water partition coefficient (Wildman–Crippen LogP) is 4.99. The van der Waals surface area contributed by atoms with Gasteiger partial charge in [0.1, 0.15) is 0 Å². The van der Waals surface area contributed by atoms with Crippen molar-refractivity contribution < 1.29 is 4.79 Å². The fourth-order valence-corrected chi connectivity index (χ4v) is 4.90. The summed E-state index contributed by atoms with van der Waals surface area (Å²) >= 11 is 3.06. The summed E-state index contributed by atoms with van der Waals surface area (Å²) in [5.74, 6) is 1.28. The fourth-order valence-electron chi connectivity index (χ4n) is 3.36. The van der Waals surface area contributed by atoms with Crippen molar-refractivity contribution in [3.05, 3.63) is 76.4 Å². The number of benzene rings is 1. The molecule has 0 saturated heterocycles. The number of ketones is 1. The fraction of sp³-hybridized carbons (Fsp3) is 0.227. The van der Waals surface area contributed by atoms with Crippen LogP contribution in [0.2, 0.25) is 0 Å². The highest BCUT2D eigenvalue weighted by atomic mass is 32.2. The van der Waals surface area contributed by atoms with Crippen molar-refractivity contribution >= 4 is 28.9 Å². The van der Waals surface area contributed by atoms with Gasteiger partial charge in [0.15, 0.2) is 16.8 Å². The van der Waals surface area contributed by atoms with Crippen LogP contribution in [0.15, 0.2) is 59.1 Å². The van der Waals surface area contributed by atoms with Gasteiger partial charge >= 0.3 is 0 Å². The Morgan fingerprint density at radius 2 is 1.90 bits per heavy atom. The van der Waals surface area contributed by atoms with E-state index in [2.05, 4.69) is 33.8 Å². The predicted molar refractivity (Wildman–Crippen MR) is 119 cm³/mol. The summed E-state index contributed by atoms with van der Waals surface area (Å²) < 4.78 is 4.15. The number of aromatic nitrogens is 4. The van der Waals surface area contributed by atoms with Gasteiger partial charge in [-0.05, 0) is 36.9 Å². The van der Waals surface area contributed by atoms with E-state index in [0.29, 0.717) is 5.75 Å². The van der Waals surface area contributed by atoms with E-state index in [9.17, 15) is 4.79 Å². The van der Waals surface area contributed by atoms with E-state index < -0.39 is 0 Å². The van der Waals surface area contributed by atoms with Gasteiger partial charge in [0.2, 0.25) is 0 Å². The Morgan fingerprint density at radius 1 is 1.10 bits per heavy atom. The molecule has 0 spiro atoms. The zero-order chi connectivity index (χ0) is 20.4. The van der Waals surface area contributed by atoms with Crippen LogP contribution in [0.25, 0.3) is 10.7 Å². The average Bonchev–Trinajstić information content (AvgIpc) is 3.43. The minimum absolute atomic E-state index is 0.114. The largest absolute Gasteiger partial charge is 0.344 e.